The molecule has 1 heterocycles. The predicted octanol–water partition coefficient (Wildman–Crippen LogP) is 3.05. The van der Waals surface area contributed by atoms with E-state index in [0.29, 0.717) is 0 Å². The van der Waals surface area contributed by atoms with Crippen molar-refractivity contribution in [2.75, 3.05) is 0 Å². The summed E-state index contributed by atoms with van der Waals surface area (Å²) >= 11 is 0. The third-order valence-corrected chi connectivity index (χ3v) is 2.48. The van der Waals surface area contributed by atoms with Crippen molar-refractivity contribution in [3.05, 3.63) is 40.1 Å². The molecule has 0 aliphatic heterocycles. The number of nitro groups is 1. The van der Waals surface area contributed by atoms with Gasteiger partial charge in [-0.2, -0.15) is 18.2 Å². The number of alkyl halides is 3. The summed E-state index contributed by atoms with van der Waals surface area (Å²) in [6.45, 7) is 4.81. The standard InChI is InChI=1S/C12H11F3N2O5/c1-3-4-6(2)22-10-7(12(13,14)15)5-8(17(20)21)9(16-10)11(18)19/h3,5-6H,1,4H2,2H3,(H,18,19). The first kappa shape index (κ1) is 17.4. The Hall–Kier alpha value is -2.65. The number of aromatic carboxylic acids is 1. The Morgan fingerprint density at radius 3 is 2.64 bits per heavy atom. The zero-order chi connectivity index (χ0) is 17.1. The fourth-order valence-corrected chi connectivity index (χ4v) is 1.55. The Morgan fingerprint density at radius 2 is 2.23 bits per heavy atom. The second-order valence-electron chi connectivity index (χ2n) is 4.22. The first-order valence-electron chi connectivity index (χ1n) is 5.85. The number of hydrogen-bond donors (Lipinski definition) is 1. The summed E-state index contributed by atoms with van der Waals surface area (Å²) in [5.74, 6) is -2.86. The van der Waals surface area contributed by atoms with E-state index < -0.39 is 46.0 Å². The van der Waals surface area contributed by atoms with Crippen molar-refractivity contribution in [1.29, 1.82) is 0 Å². The second kappa shape index (κ2) is 6.41. The van der Waals surface area contributed by atoms with E-state index in [4.69, 9.17) is 9.84 Å². The SMILES string of the molecule is C=CCC(C)Oc1nc(C(=O)O)c([N+](=O)[O-])cc1C(F)(F)F. The molecule has 22 heavy (non-hydrogen) atoms. The first-order valence-corrected chi connectivity index (χ1v) is 5.85. The summed E-state index contributed by atoms with van der Waals surface area (Å²) in [6, 6.07) is 0.104. The molecular weight excluding hydrogens is 309 g/mol. The summed E-state index contributed by atoms with van der Waals surface area (Å²) in [7, 11) is 0. The van der Waals surface area contributed by atoms with Crippen LogP contribution in [-0.2, 0) is 6.18 Å². The predicted molar refractivity (Wildman–Crippen MR) is 67.8 cm³/mol. The molecule has 1 rings (SSSR count). The van der Waals surface area contributed by atoms with Gasteiger partial charge in [0.25, 0.3) is 0 Å². The van der Waals surface area contributed by atoms with Gasteiger partial charge in [-0.15, -0.1) is 6.58 Å². The fraction of sp³-hybridized carbons (Fsp3) is 0.333. The van der Waals surface area contributed by atoms with Crippen molar-refractivity contribution >= 4 is 11.7 Å². The van der Waals surface area contributed by atoms with Crippen molar-refractivity contribution in [2.24, 2.45) is 0 Å². The normalized spacial score (nSPS) is 12.5. The van der Waals surface area contributed by atoms with Crippen LogP contribution in [0.25, 0.3) is 0 Å². The molecule has 0 spiro atoms. The molecule has 120 valence electrons. The molecule has 1 aromatic rings. The average Bonchev–Trinajstić information content (AvgIpc) is 2.36. The van der Waals surface area contributed by atoms with Gasteiger partial charge in [0.2, 0.25) is 11.6 Å². The smallest absolute Gasteiger partial charge is 0.421 e. The number of ether oxygens (including phenoxy) is 1. The second-order valence-corrected chi connectivity index (χ2v) is 4.22. The Kier molecular flexibility index (Phi) is 5.07. The third-order valence-electron chi connectivity index (χ3n) is 2.48. The zero-order valence-corrected chi connectivity index (χ0v) is 11.3. The van der Waals surface area contributed by atoms with Gasteiger partial charge in [-0.3, -0.25) is 10.1 Å². The lowest BCUT2D eigenvalue weighted by atomic mass is 10.2. The Bertz CT molecular complexity index is 616. The van der Waals surface area contributed by atoms with Gasteiger partial charge >= 0.3 is 17.8 Å². The average molecular weight is 320 g/mol. The van der Waals surface area contributed by atoms with Crippen LogP contribution in [0.4, 0.5) is 18.9 Å². The van der Waals surface area contributed by atoms with Crippen LogP contribution in [0, 0.1) is 10.1 Å². The summed E-state index contributed by atoms with van der Waals surface area (Å²) in [4.78, 5) is 23.6. The minimum Gasteiger partial charge on any atom is -0.476 e. The summed E-state index contributed by atoms with van der Waals surface area (Å²) in [6.07, 6.45) is -4.19. The quantitative estimate of drug-likeness (QED) is 0.491. The topological polar surface area (TPSA) is 103 Å². The highest BCUT2D eigenvalue weighted by Gasteiger charge is 2.40. The number of pyridine rings is 1. The first-order chi connectivity index (χ1) is 10.1. The number of rotatable bonds is 6. The zero-order valence-electron chi connectivity index (χ0n) is 11.3. The Balaban J connectivity index is 3.51. The van der Waals surface area contributed by atoms with Gasteiger partial charge in [-0.05, 0) is 6.92 Å². The molecule has 1 unspecified atom stereocenters. The molecule has 0 saturated carbocycles. The van der Waals surface area contributed by atoms with E-state index in [9.17, 15) is 28.1 Å². The van der Waals surface area contributed by atoms with Gasteiger partial charge in [0.15, 0.2) is 0 Å². The van der Waals surface area contributed by atoms with E-state index in [1.54, 1.807) is 0 Å². The number of nitrogens with zero attached hydrogens (tertiary/aromatic N) is 2. The maximum atomic E-state index is 13.0. The largest absolute Gasteiger partial charge is 0.476 e. The van der Waals surface area contributed by atoms with E-state index >= 15 is 0 Å². The number of carboxylic acids is 1. The lowest BCUT2D eigenvalue weighted by Crippen LogP contribution is -2.19. The molecule has 0 aliphatic carbocycles. The number of halogens is 3. The number of carboxylic acid groups (broad SMARTS) is 1. The Morgan fingerprint density at radius 1 is 1.64 bits per heavy atom. The third kappa shape index (κ3) is 3.93. The number of hydrogen-bond acceptors (Lipinski definition) is 5. The van der Waals surface area contributed by atoms with E-state index in [0.717, 1.165) is 0 Å². The summed E-state index contributed by atoms with van der Waals surface area (Å²) in [5, 5.41) is 19.6. The molecule has 0 aliphatic rings. The van der Waals surface area contributed by atoms with Crippen LogP contribution in [0.2, 0.25) is 0 Å². The van der Waals surface area contributed by atoms with Crippen LogP contribution in [-0.4, -0.2) is 27.1 Å². The maximum Gasteiger partial charge on any atom is 0.421 e. The molecule has 0 aromatic carbocycles. The van der Waals surface area contributed by atoms with Crippen molar-refractivity contribution < 1.29 is 32.7 Å². The van der Waals surface area contributed by atoms with E-state index in [1.165, 1.54) is 13.0 Å². The molecule has 7 nitrogen and oxygen atoms in total. The van der Waals surface area contributed by atoms with Gasteiger partial charge in [-0.25, -0.2) is 4.79 Å². The van der Waals surface area contributed by atoms with Gasteiger partial charge < -0.3 is 9.84 Å². The highest BCUT2D eigenvalue weighted by Crippen LogP contribution is 2.38. The van der Waals surface area contributed by atoms with Crippen LogP contribution in [0.15, 0.2) is 18.7 Å². The summed E-state index contributed by atoms with van der Waals surface area (Å²) in [5.41, 5.74) is -3.90. The lowest BCUT2D eigenvalue weighted by molar-refractivity contribution is -0.385. The molecule has 1 N–H and O–H groups in total. The van der Waals surface area contributed by atoms with Gasteiger partial charge in [0, 0.05) is 12.5 Å². The van der Waals surface area contributed by atoms with Crippen LogP contribution < -0.4 is 4.74 Å². The van der Waals surface area contributed by atoms with Crippen molar-refractivity contribution in [2.45, 2.75) is 25.6 Å². The van der Waals surface area contributed by atoms with Crippen molar-refractivity contribution in [3.63, 3.8) is 0 Å². The lowest BCUT2D eigenvalue weighted by Gasteiger charge is -2.17. The molecular formula is C12H11F3N2O5. The molecule has 1 atom stereocenters. The fourth-order valence-electron chi connectivity index (χ4n) is 1.55. The monoisotopic (exact) mass is 320 g/mol. The van der Waals surface area contributed by atoms with Gasteiger partial charge in [0.1, 0.15) is 11.7 Å². The van der Waals surface area contributed by atoms with Crippen molar-refractivity contribution in [3.8, 4) is 5.88 Å². The molecule has 0 saturated heterocycles. The number of carbonyl (C=O) groups is 1. The molecule has 0 amide bonds. The molecule has 0 bridgehead atoms. The highest BCUT2D eigenvalue weighted by molar-refractivity contribution is 5.90. The highest BCUT2D eigenvalue weighted by atomic mass is 19.4. The van der Waals surface area contributed by atoms with Gasteiger partial charge in [0.05, 0.1) is 4.92 Å². The molecule has 0 radical (unpaired) electrons. The number of aromatic nitrogens is 1. The molecule has 1 aromatic heterocycles. The minimum absolute atomic E-state index is 0.104. The molecule has 0 fully saturated rings. The van der Waals surface area contributed by atoms with Gasteiger partial charge in [-0.1, -0.05) is 6.08 Å². The minimum atomic E-state index is -4.99. The molecule has 10 heteroatoms. The van der Waals surface area contributed by atoms with Crippen LogP contribution in [0.3, 0.4) is 0 Å². The van der Waals surface area contributed by atoms with E-state index in [2.05, 4.69) is 11.6 Å². The van der Waals surface area contributed by atoms with E-state index in [-0.39, 0.29) is 12.5 Å². The van der Waals surface area contributed by atoms with Crippen molar-refractivity contribution in [1.82, 2.24) is 4.98 Å². The summed E-state index contributed by atoms with van der Waals surface area (Å²) < 4.78 is 43.8. The Labute approximate surface area is 122 Å². The van der Waals surface area contributed by atoms with Crippen LogP contribution in [0.1, 0.15) is 29.4 Å². The van der Waals surface area contributed by atoms with Crippen LogP contribution in [0.5, 0.6) is 5.88 Å². The van der Waals surface area contributed by atoms with Crippen LogP contribution >= 0.6 is 0 Å². The maximum absolute atomic E-state index is 13.0. The van der Waals surface area contributed by atoms with E-state index in [1.807, 2.05) is 0 Å².